The molecule has 17 heavy (non-hydrogen) atoms. The molecule has 2 aromatic rings. The lowest BCUT2D eigenvalue weighted by atomic mass is 10.2. The van der Waals surface area contributed by atoms with Crippen LogP contribution in [0.4, 0.5) is 5.69 Å². The van der Waals surface area contributed by atoms with Crippen LogP contribution in [0.5, 0.6) is 5.88 Å². The van der Waals surface area contributed by atoms with Crippen LogP contribution in [0.2, 0.25) is 0 Å². The van der Waals surface area contributed by atoms with E-state index in [9.17, 15) is 0 Å². The second kappa shape index (κ2) is 5.51. The molecule has 0 aliphatic heterocycles. The van der Waals surface area contributed by atoms with Gasteiger partial charge in [0.25, 0.3) is 0 Å². The standard InChI is InChI=1S/C12H10Br2N2O/c13-9-6-16-12(10(14)11(9)15)17-7-8-4-2-1-3-5-8/h1-6H,7H2,(H2,15,16). The van der Waals surface area contributed by atoms with Gasteiger partial charge in [-0.05, 0) is 37.4 Å². The molecule has 2 rings (SSSR count). The van der Waals surface area contributed by atoms with Gasteiger partial charge >= 0.3 is 0 Å². The SMILES string of the molecule is Nc1c(Br)cnc(OCc2ccccc2)c1Br. The van der Waals surface area contributed by atoms with Crippen LogP contribution >= 0.6 is 31.9 Å². The predicted molar refractivity (Wildman–Crippen MR) is 74.8 cm³/mol. The van der Waals surface area contributed by atoms with Crippen LogP contribution in [0, 0.1) is 0 Å². The third-order valence-corrected chi connectivity index (χ3v) is 3.59. The zero-order valence-corrected chi connectivity index (χ0v) is 12.0. The predicted octanol–water partition coefficient (Wildman–Crippen LogP) is 3.77. The summed E-state index contributed by atoms with van der Waals surface area (Å²) in [5, 5.41) is 0. The number of anilines is 1. The number of benzene rings is 1. The summed E-state index contributed by atoms with van der Waals surface area (Å²) < 4.78 is 7.02. The molecule has 1 aromatic heterocycles. The molecule has 0 amide bonds. The Morgan fingerprint density at radius 2 is 1.88 bits per heavy atom. The van der Waals surface area contributed by atoms with Crippen molar-refractivity contribution in [2.45, 2.75) is 6.61 Å². The number of halogens is 2. The highest BCUT2D eigenvalue weighted by Crippen LogP contribution is 2.34. The first-order chi connectivity index (χ1) is 8.18. The van der Waals surface area contributed by atoms with Crippen molar-refractivity contribution in [3.8, 4) is 5.88 Å². The van der Waals surface area contributed by atoms with Crippen molar-refractivity contribution < 1.29 is 4.74 Å². The summed E-state index contributed by atoms with van der Waals surface area (Å²) in [5.74, 6) is 0.495. The van der Waals surface area contributed by atoms with Crippen molar-refractivity contribution in [2.24, 2.45) is 0 Å². The molecule has 1 aromatic carbocycles. The Hall–Kier alpha value is -1.07. The fourth-order valence-electron chi connectivity index (χ4n) is 1.29. The minimum Gasteiger partial charge on any atom is -0.472 e. The summed E-state index contributed by atoms with van der Waals surface area (Å²) >= 11 is 6.67. The lowest BCUT2D eigenvalue weighted by Gasteiger charge is -2.09. The minimum absolute atomic E-state index is 0.466. The highest BCUT2D eigenvalue weighted by molar-refractivity contribution is 9.11. The van der Waals surface area contributed by atoms with Crippen molar-refractivity contribution in [1.29, 1.82) is 0 Å². The van der Waals surface area contributed by atoms with Gasteiger partial charge < -0.3 is 10.5 Å². The summed E-state index contributed by atoms with van der Waals surface area (Å²) in [5.41, 5.74) is 7.51. The van der Waals surface area contributed by atoms with Gasteiger partial charge in [-0.3, -0.25) is 0 Å². The summed E-state index contributed by atoms with van der Waals surface area (Å²) in [7, 11) is 0. The number of aromatic nitrogens is 1. The van der Waals surface area contributed by atoms with E-state index in [1.807, 2.05) is 30.3 Å². The Bertz CT molecular complexity index is 517. The van der Waals surface area contributed by atoms with Crippen molar-refractivity contribution in [2.75, 3.05) is 5.73 Å². The maximum absolute atomic E-state index is 5.84. The fourth-order valence-corrected chi connectivity index (χ4v) is 2.29. The normalized spacial score (nSPS) is 10.2. The molecule has 0 aliphatic carbocycles. The average Bonchev–Trinajstić information content (AvgIpc) is 2.36. The van der Waals surface area contributed by atoms with Crippen molar-refractivity contribution in [1.82, 2.24) is 4.98 Å². The third kappa shape index (κ3) is 2.98. The molecule has 0 aliphatic rings. The second-order valence-corrected chi connectivity index (χ2v) is 5.06. The van der Waals surface area contributed by atoms with Gasteiger partial charge in [0.05, 0.1) is 10.2 Å². The second-order valence-electron chi connectivity index (χ2n) is 3.41. The van der Waals surface area contributed by atoms with E-state index in [1.54, 1.807) is 6.20 Å². The smallest absolute Gasteiger partial charge is 0.230 e. The molecule has 3 nitrogen and oxygen atoms in total. The molecule has 1 heterocycles. The van der Waals surface area contributed by atoms with Crippen LogP contribution in [0.1, 0.15) is 5.56 Å². The van der Waals surface area contributed by atoms with E-state index in [2.05, 4.69) is 36.8 Å². The lowest BCUT2D eigenvalue weighted by molar-refractivity contribution is 0.292. The zero-order valence-electron chi connectivity index (χ0n) is 8.86. The van der Waals surface area contributed by atoms with E-state index in [0.717, 1.165) is 10.0 Å². The quantitative estimate of drug-likeness (QED) is 0.909. The number of nitrogen functional groups attached to an aromatic ring is 1. The molecule has 0 bridgehead atoms. The molecule has 0 saturated carbocycles. The summed E-state index contributed by atoms with van der Waals surface area (Å²) in [6.07, 6.45) is 1.63. The number of hydrogen-bond donors (Lipinski definition) is 1. The fraction of sp³-hybridized carbons (Fsp3) is 0.0833. The van der Waals surface area contributed by atoms with Crippen molar-refractivity contribution >= 4 is 37.5 Å². The minimum atomic E-state index is 0.466. The van der Waals surface area contributed by atoms with Crippen LogP contribution in [-0.2, 0) is 6.61 Å². The van der Waals surface area contributed by atoms with Crippen LogP contribution in [-0.4, -0.2) is 4.98 Å². The lowest BCUT2D eigenvalue weighted by Crippen LogP contribution is -2.00. The van der Waals surface area contributed by atoms with Gasteiger partial charge in [-0.25, -0.2) is 4.98 Å². The van der Waals surface area contributed by atoms with Crippen LogP contribution in [0.15, 0.2) is 45.5 Å². The largest absolute Gasteiger partial charge is 0.472 e. The Labute approximate surface area is 116 Å². The zero-order chi connectivity index (χ0) is 12.3. The molecular weight excluding hydrogens is 348 g/mol. The first kappa shape index (κ1) is 12.4. The molecule has 2 N–H and O–H groups in total. The summed E-state index contributed by atoms with van der Waals surface area (Å²) in [4.78, 5) is 4.16. The van der Waals surface area contributed by atoms with Gasteiger partial charge in [0.15, 0.2) is 0 Å². The van der Waals surface area contributed by atoms with Crippen LogP contribution in [0.3, 0.4) is 0 Å². The number of rotatable bonds is 3. The first-order valence-electron chi connectivity index (χ1n) is 4.94. The summed E-state index contributed by atoms with van der Waals surface area (Å²) in [6.45, 7) is 0.466. The molecule has 0 unspecified atom stereocenters. The number of hydrogen-bond acceptors (Lipinski definition) is 3. The van der Waals surface area contributed by atoms with Crippen molar-refractivity contribution in [3.63, 3.8) is 0 Å². The molecule has 0 fully saturated rings. The average molecular weight is 358 g/mol. The van der Waals surface area contributed by atoms with Gasteiger partial charge in [0, 0.05) is 6.20 Å². The number of nitrogens with zero attached hydrogens (tertiary/aromatic N) is 1. The van der Waals surface area contributed by atoms with Gasteiger partial charge in [0.2, 0.25) is 5.88 Å². The topological polar surface area (TPSA) is 48.1 Å². The van der Waals surface area contributed by atoms with E-state index in [1.165, 1.54) is 0 Å². The van der Waals surface area contributed by atoms with E-state index in [-0.39, 0.29) is 0 Å². The molecule has 0 spiro atoms. The van der Waals surface area contributed by atoms with Crippen LogP contribution < -0.4 is 10.5 Å². The highest BCUT2D eigenvalue weighted by atomic mass is 79.9. The molecule has 0 radical (unpaired) electrons. The van der Waals surface area contributed by atoms with E-state index >= 15 is 0 Å². The third-order valence-electron chi connectivity index (χ3n) is 2.20. The molecule has 0 saturated heterocycles. The molecular formula is C12H10Br2N2O. The monoisotopic (exact) mass is 356 g/mol. The first-order valence-corrected chi connectivity index (χ1v) is 6.53. The highest BCUT2D eigenvalue weighted by Gasteiger charge is 2.09. The van der Waals surface area contributed by atoms with Gasteiger partial charge in [-0.15, -0.1) is 0 Å². The van der Waals surface area contributed by atoms with Gasteiger partial charge in [-0.1, -0.05) is 30.3 Å². The Morgan fingerprint density at radius 1 is 1.18 bits per heavy atom. The van der Waals surface area contributed by atoms with Crippen molar-refractivity contribution in [3.05, 3.63) is 51.0 Å². The molecule has 88 valence electrons. The van der Waals surface area contributed by atoms with E-state index < -0.39 is 0 Å². The Morgan fingerprint density at radius 3 is 2.59 bits per heavy atom. The maximum Gasteiger partial charge on any atom is 0.230 e. The van der Waals surface area contributed by atoms with Crippen LogP contribution in [0.25, 0.3) is 0 Å². The van der Waals surface area contributed by atoms with E-state index in [4.69, 9.17) is 10.5 Å². The molecule has 5 heteroatoms. The number of ether oxygens (including phenoxy) is 1. The van der Waals surface area contributed by atoms with Gasteiger partial charge in [0.1, 0.15) is 11.1 Å². The van der Waals surface area contributed by atoms with Gasteiger partial charge in [-0.2, -0.15) is 0 Å². The summed E-state index contributed by atoms with van der Waals surface area (Å²) in [6, 6.07) is 9.90. The number of pyridine rings is 1. The Balaban J connectivity index is 2.13. The molecule has 0 atom stereocenters. The number of nitrogens with two attached hydrogens (primary N) is 1. The Kier molecular flexibility index (Phi) is 4.02. The van der Waals surface area contributed by atoms with E-state index in [0.29, 0.717) is 22.6 Å². The maximum atomic E-state index is 5.84.